The number of nitrogens with zero attached hydrogens (tertiary/aromatic N) is 3. The van der Waals surface area contributed by atoms with Crippen LogP contribution < -0.4 is 5.73 Å². The van der Waals surface area contributed by atoms with Crippen molar-refractivity contribution in [3.05, 3.63) is 18.0 Å². The second-order valence-electron chi connectivity index (χ2n) is 5.15. The molecule has 5 nitrogen and oxygen atoms in total. The summed E-state index contributed by atoms with van der Waals surface area (Å²) in [5.41, 5.74) is 7.77. The van der Waals surface area contributed by atoms with Gasteiger partial charge >= 0.3 is 0 Å². The summed E-state index contributed by atoms with van der Waals surface area (Å²) in [7, 11) is 0. The molecule has 18 heavy (non-hydrogen) atoms. The van der Waals surface area contributed by atoms with Crippen LogP contribution in [-0.2, 0) is 0 Å². The van der Waals surface area contributed by atoms with Crippen LogP contribution in [0.4, 0.5) is 5.95 Å². The molecule has 0 saturated heterocycles. The Bertz CT molecular complexity index is 570. The highest BCUT2D eigenvalue weighted by Crippen LogP contribution is 2.32. The third kappa shape index (κ3) is 1.84. The number of nitrogens with two attached hydrogens (primary N) is 1. The van der Waals surface area contributed by atoms with Crippen molar-refractivity contribution in [2.45, 2.75) is 44.8 Å². The molecule has 0 aliphatic heterocycles. The minimum Gasteiger partial charge on any atom is -0.393 e. The molecule has 1 saturated carbocycles. The van der Waals surface area contributed by atoms with Crippen molar-refractivity contribution in [2.75, 3.05) is 5.73 Å². The topological polar surface area (TPSA) is 77.0 Å². The van der Waals surface area contributed by atoms with E-state index in [-0.39, 0.29) is 6.10 Å². The predicted octanol–water partition coefficient (Wildman–Crippen LogP) is 1.80. The third-order valence-electron chi connectivity index (χ3n) is 3.85. The largest absolute Gasteiger partial charge is 0.393 e. The third-order valence-corrected chi connectivity index (χ3v) is 3.85. The first-order chi connectivity index (χ1) is 8.65. The van der Waals surface area contributed by atoms with Gasteiger partial charge in [0.15, 0.2) is 0 Å². The lowest BCUT2D eigenvalue weighted by Gasteiger charge is -2.27. The second kappa shape index (κ2) is 4.24. The van der Waals surface area contributed by atoms with Crippen molar-refractivity contribution in [3.8, 4) is 0 Å². The Kier molecular flexibility index (Phi) is 2.70. The lowest BCUT2D eigenvalue weighted by Crippen LogP contribution is -2.20. The van der Waals surface area contributed by atoms with Gasteiger partial charge in [-0.15, -0.1) is 0 Å². The zero-order valence-corrected chi connectivity index (χ0v) is 10.5. The molecular formula is C13H18N4O. The molecule has 96 valence electrons. The molecule has 1 aliphatic carbocycles. The van der Waals surface area contributed by atoms with Crippen molar-refractivity contribution >= 4 is 17.0 Å². The zero-order valence-electron chi connectivity index (χ0n) is 10.5. The van der Waals surface area contributed by atoms with Crippen molar-refractivity contribution in [3.63, 3.8) is 0 Å². The summed E-state index contributed by atoms with van der Waals surface area (Å²) in [5.74, 6) is 0.317. The number of hydrogen-bond acceptors (Lipinski definition) is 4. The van der Waals surface area contributed by atoms with Crippen LogP contribution in [0.2, 0.25) is 0 Å². The van der Waals surface area contributed by atoms with Crippen molar-refractivity contribution in [2.24, 2.45) is 0 Å². The average molecular weight is 246 g/mol. The molecular weight excluding hydrogens is 228 g/mol. The highest BCUT2D eigenvalue weighted by molar-refractivity contribution is 5.80. The van der Waals surface area contributed by atoms with E-state index < -0.39 is 0 Å². The Balaban J connectivity index is 2.03. The van der Waals surface area contributed by atoms with Crippen LogP contribution in [0.1, 0.15) is 37.3 Å². The van der Waals surface area contributed by atoms with Crippen LogP contribution in [0.3, 0.4) is 0 Å². The average Bonchev–Trinajstić information content (AvgIpc) is 2.67. The van der Waals surface area contributed by atoms with Gasteiger partial charge in [-0.3, -0.25) is 0 Å². The fourth-order valence-electron chi connectivity index (χ4n) is 2.82. The number of rotatable bonds is 1. The Hall–Kier alpha value is -1.62. The highest BCUT2D eigenvalue weighted by Gasteiger charge is 2.22. The van der Waals surface area contributed by atoms with Crippen LogP contribution in [-0.4, -0.2) is 25.7 Å². The van der Waals surface area contributed by atoms with E-state index in [0.29, 0.717) is 12.0 Å². The van der Waals surface area contributed by atoms with E-state index in [0.717, 1.165) is 36.7 Å². The van der Waals surface area contributed by atoms with Gasteiger partial charge in [-0.1, -0.05) is 0 Å². The minimum absolute atomic E-state index is 0.135. The minimum atomic E-state index is -0.135. The van der Waals surface area contributed by atoms with Crippen LogP contribution in [0.15, 0.2) is 12.4 Å². The van der Waals surface area contributed by atoms with Gasteiger partial charge < -0.3 is 15.4 Å². The molecule has 0 bridgehead atoms. The molecule has 1 fully saturated rings. The van der Waals surface area contributed by atoms with Crippen molar-refractivity contribution in [1.29, 1.82) is 0 Å². The Morgan fingerprint density at radius 3 is 2.78 bits per heavy atom. The molecule has 1 aliphatic rings. The van der Waals surface area contributed by atoms with Gasteiger partial charge in [0.1, 0.15) is 5.65 Å². The van der Waals surface area contributed by atoms with E-state index in [1.165, 1.54) is 5.56 Å². The van der Waals surface area contributed by atoms with Crippen molar-refractivity contribution < 1.29 is 5.11 Å². The number of aromatic nitrogens is 3. The van der Waals surface area contributed by atoms with Crippen LogP contribution in [0.25, 0.3) is 11.0 Å². The fraction of sp³-hybridized carbons (Fsp3) is 0.538. The first kappa shape index (κ1) is 11.5. The molecule has 0 aromatic carbocycles. The molecule has 2 heterocycles. The van der Waals surface area contributed by atoms with Crippen LogP contribution in [0.5, 0.6) is 0 Å². The number of anilines is 1. The summed E-state index contributed by atoms with van der Waals surface area (Å²) in [4.78, 5) is 8.41. The maximum absolute atomic E-state index is 9.58. The molecule has 5 heteroatoms. The number of nitrogen functional groups attached to an aromatic ring is 1. The first-order valence-electron chi connectivity index (χ1n) is 6.43. The van der Waals surface area contributed by atoms with Crippen molar-refractivity contribution in [1.82, 2.24) is 14.5 Å². The number of fused-ring (bicyclic) bond motifs is 1. The summed E-state index contributed by atoms with van der Waals surface area (Å²) in [6.45, 7) is 2.07. The fourth-order valence-corrected chi connectivity index (χ4v) is 2.82. The molecule has 3 rings (SSSR count). The number of aliphatic hydroxyl groups excluding tert-OH is 1. The number of aryl methyl sites for hydroxylation is 1. The molecule has 0 atom stereocenters. The standard InChI is InChI=1S/C13H18N4O/c1-8-7-17(9-2-4-10(18)5-3-9)12-11(8)6-15-13(14)16-12/h6-7,9-10,18H,2-5H2,1H3,(H2,14,15,16)/t9-,10-. The SMILES string of the molecule is Cc1cn([C@H]2CC[C@H](O)CC2)c2nc(N)ncc12. The zero-order chi connectivity index (χ0) is 12.7. The number of hydrogen-bond donors (Lipinski definition) is 2. The Morgan fingerprint density at radius 1 is 1.33 bits per heavy atom. The molecule has 0 unspecified atom stereocenters. The summed E-state index contributed by atoms with van der Waals surface area (Å²) in [6.07, 6.45) is 7.50. The van der Waals surface area contributed by atoms with E-state index in [2.05, 4.69) is 27.7 Å². The summed E-state index contributed by atoms with van der Waals surface area (Å²) >= 11 is 0. The van der Waals surface area contributed by atoms with Crippen LogP contribution >= 0.6 is 0 Å². The second-order valence-corrected chi connectivity index (χ2v) is 5.15. The van der Waals surface area contributed by atoms with E-state index >= 15 is 0 Å². The van der Waals surface area contributed by atoms with Gasteiger partial charge in [-0.2, -0.15) is 4.98 Å². The summed E-state index contributed by atoms with van der Waals surface area (Å²) in [5, 5.41) is 10.6. The normalized spacial score (nSPS) is 24.6. The van der Waals surface area contributed by atoms with Crippen LogP contribution in [0, 0.1) is 6.92 Å². The van der Waals surface area contributed by atoms with Gasteiger partial charge in [0.25, 0.3) is 0 Å². The first-order valence-corrected chi connectivity index (χ1v) is 6.43. The maximum Gasteiger partial charge on any atom is 0.221 e. The number of aliphatic hydroxyl groups is 1. The Morgan fingerprint density at radius 2 is 2.06 bits per heavy atom. The van der Waals surface area contributed by atoms with Gasteiger partial charge in [-0.25, -0.2) is 4.98 Å². The van der Waals surface area contributed by atoms with E-state index in [1.54, 1.807) is 6.20 Å². The molecule has 3 N–H and O–H groups in total. The molecule has 2 aromatic heterocycles. The quantitative estimate of drug-likeness (QED) is 0.804. The van der Waals surface area contributed by atoms with Gasteiger partial charge in [-0.05, 0) is 38.2 Å². The summed E-state index contributed by atoms with van der Waals surface area (Å²) in [6, 6.07) is 0.416. The predicted molar refractivity (Wildman–Crippen MR) is 70.2 cm³/mol. The van der Waals surface area contributed by atoms with Gasteiger partial charge in [0.05, 0.1) is 6.10 Å². The Labute approximate surface area is 106 Å². The molecule has 0 radical (unpaired) electrons. The lowest BCUT2D eigenvalue weighted by atomic mass is 9.93. The van der Waals surface area contributed by atoms with E-state index in [1.807, 2.05) is 0 Å². The van der Waals surface area contributed by atoms with E-state index in [9.17, 15) is 5.11 Å². The van der Waals surface area contributed by atoms with Gasteiger partial charge in [0.2, 0.25) is 5.95 Å². The summed E-state index contributed by atoms with van der Waals surface area (Å²) < 4.78 is 2.20. The maximum atomic E-state index is 9.58. The molecule has 0 amide bonds. The lowest BCUT2D eigenvalue weighted by molar-refractivity contribution is 0.111. The monoisotopic (exact) mass is 246 g/mol. The smallest absolute Gasteiger partial charge is 0.221 e. The molecule has 0 spiro atoms. The van der Waals surface area contributed by atoms with E-state index in [4.69, 9.17) is 5.73 Å². The molecule has 2 aromatic rings. The highest BCUT2D eigenvalue weighted by atomic mass is 16.3. The van der Waals surface area contributed by atoms with Gasteiger partial charge in [0, 0.05) is 23.8 Å².